The van der Waals surface area contributed by atoms with E-state index in [0.717, 1.165) is 22.2 Å². The molecular formula is C14H12N2O. The van der Waals surface area contributed by atoms with Gasteiger partial charge in [0, 0.05) is 11.9 Å². The summed E-state index contributed by atoms with van der Waals surface area (Å²) in [4.78, 5) is 0. The van der Waals surface area contributed by atoms with Crippen LogP contribution >= 0.6 is 0 Å². The standard InChI is InChI=1S/C14H12N2O/c15-9-13-12-8-11(6-7-14(12)17-16-13)10-4-2-1-3-5-10/h1-8H,9,15H2. The zero-order valence-electron chi connectivity index (χ0n) is 9.26. The smallest absolute Gasteiger partial charge is 0.167 e. The molecule has 0 spiro atoms. The topological polar surface area (TPSA) is 52.0 Å². The zero-order chi connectivity index (χ0) is 11.7. The summed E-state index contributed by atoms with van der Waals surface area (Å²) >= 11 is 0. The average Bonchev–Trinajstić information content (AvgIpc) is 2.81. The van der Waals surface area contributed by atoms with E-state index in [-0.39, 0.29) is 0 Å². The lowest BCUT2D eigenvalue weighted by Crippen LogP contribution is -1.96. The Morgan fingerprint density at radius 2 is 1.82 bits per heavy atom. The third-order valence-electron chi connectivity index (χ3n) is 2.85. The minimum Gasteiger partial charge on any atom is -0.356 e. The molecule has 0 radical (unpaired) electrons. The molecule has 3 heteroatoms. The lowest BCUT2D eigenvalue weighted by molar-refractivity contribution is 0.446. The van der Waals surface area contributed by atoms with Crippen LogP contribution < -0.4 is 5.73 Å². The van der Waals surface area contributed by atoms with E-state index < -0.39 is 0 Å². The monoisotopic (exact) mass is 224 g/mol. The second-order valence-electron chi connectivity index (χ2n) is 3.91. The summed E-state index contributed by atoms with van der Waals surface area (Å²) < 4.78 is 5.20. The van der Waals surface area contributed by atoms with E-state index in [2.05, 4.69) is 23.4 Å². The van der Waals surface area contributed by atoms with E-state index in [0.29, 0.717) is 6.54 Å². The zero-order valence-corrected chi connectivity index (χ0v) is 9.26. The predicted octanol–water partition coefficient (Wildman–Crippen LogP) is 2.95. The van der Waals surface area contributed by atoms with Crippen molar-refractivity contribution in [2.75, 3.05) is 0 Å². The highest BCUT2D eigenvalue weighted by atomic mass is 16.5. The summed E-state index contributed by atoms with van der Waals surface area (Å²) in [6.45, 7) is 0.394. The lowest BCUT2D eigenvalue weighted by Gasteiger charge is -2.00. The number of nitrogens with two attached hydrogens (primary N) is 1. The molecule has 0 fully saturated rings. The van der Waals surface area contributed by atoms with E-state index in [1.807, 2.05) is 30.3 Å². The summed E-state index contributed by atoms with van der Waals surface area (Å²) in [7, 11) is 0. The van der Waals surface area contributed by atoms with Crippen molar-refractivity contribution in [1.82, 2.24) is 5.16 Å². The fraction of sp³-hybridized carbons (Fsp3) is 0.0714. The number of hydrogen-bond acceptors (Lipinski definition) is 3. The van der Waals surface area contributed by atoms with Gasteiger partial charge in [0.2, 0.25) is 0 Å². The molecule has 1 heterocycles. The normalized spacial score (nSPS) is 10.9. The molecule has 3 aromatic rings. The Bertz CT molecular complexity index is 644. The number of nitrogens with zero attached hydrogens (tertiary/aromatic N) is 1. The van der Waals surface area contributed by atoms with E-state index >= 15 is 0 Å². The van der Waals surface area contributed by atoms with Crippen molar-refractivity contribution >= 4 is 11.0 Å². The van der Waals surface area contributed by atoms with Crippen LogP contribution in [0.2, 0.25) is 0 Å². The molecule has 0 unspecified atom stereocenters. The van der Waals surface area contributed by atoms with Gasteiger partial charge < -0.3 is 10.3 Å². The Balaban J connectivity index is 2.19. The summed E-state index contributed by atoms with van der Waals surface area (Å²) in [5, 5.41) is 4.94. The quantitative estimate of drug-likeness (QED) is 0.728. The second kappa shape index (κ2) is 4.03. The van der Waals surface area contributed by atoms with Gasteiger partial charge in [-0.05, 0) is 23.3 Å². The molecule has 0 aliphatic carbocycles. The number of fused-ring (bicyclic) bond motifs is 1. The number of hydrogen-bond donors (Lipinski definition) is 1. The Labute approximate surface area is 98.8 Å². The lowest BCUT2D eigenvalue weighted by atomic mass is 10.0. The highest BCUT2D eigenvalue weighted by Gasteiger charge is 2.07. The minimum atomic E-state index is 0.394. The SMILES string of the molecule is NCc1noc2ccc(-c3ccccc3)cc12. The maximum atomic E-state index is 5.63. The van der Waals surface area contributed by atoms with Crippen molar-refractivity contribution in [1.29, 1.82) is 0 Å². The molecule has 3 nitrogen and oxygen atoms in total. The van der Waals surface area contributed by atoms with Crippen molar-refractivity contribution in [3.8, 4) is 11.1 Å². The Morgan fingerprint density at radius 3 is 2.59 bits per heavy atom. The van der Waals surface area contributed by atoms with Crippen LogP contribution in [0.4, 0.5) is 0 Å². The van der Waals surface area contributed by atoms with E-state index in [1.54, 1.807) is 0 Å². The van der Waals surface area contributed by atoms with Crippen molar-refractivity contribution in [3.63, 3.8) is 0 Å². The van der Waals surface area contributed by atoms with Crippen molar-refractivity contribution in [3.05, 3.63) is 54.2 Å². The summed E-state index contributed by atoms with van der Waals surface area (Å²) in [5.41, 5.74) is 9.54. The first-order valence-electron chi connectivity index (χ1n) is 5.52. The van der Waals surface area contributed by atoms with Crippen LogP contribution in [0.1, 0.15) is 5.69 Å². The van der Waals surface area contributed by atoms with Crippen LogP contribution in [0, 0.1) is 0 Å². The van der Waals surface area contributed by atoms with Crippen LogP contribution in [-0.4, -0.2) is 5.16 Å². The van der Waals surface area contributed by atoms with Gasteiger partial charge in [-0.2, -0.15) is 0 Å². The van der Waals surface area contributed by atoms with Gasteiger partial charge in [-0.1, -0.05) is 41.6 Å². The maximum absolute atomic E-state index is 5.63. The van der Waals surface area contributed by atoms with Crippen molar-refractivity contribution in [2.45, 2.75) is 6.54 Å². The van der Waals surface area contributed by atoms with Crippen LogP contribution in [0.3, 0.4) is 0 Å². The number of aromatic nitrogens is 1. The van der Waals surface area contributed by atoms with E-state index in [4.69, 9.17) is 10.3 Å². The molecule has 0 atom stereocenters. The maximum Gasteiger partial charge on any atom is 0.167 e. The highest BCUT2D eigenvalue weighted by molar-refractivity contribution is 5.85. The highest BCUT2D eigenvalue weighted by Crippen LogP contribution is 2.26. The first-order valence-corrected chi connectivity index (χ1v) is 5.52. The molecule has 0 bridgehead atoms. The van der Waals surface area contributed by atoms with Gasteiger partial charge in [-0.25, -0.2) is 0 Å². The van der Waals surface area contributed by atoms with Gasteiger partial charge in [-0.3, -0.25) is 0 Å². The molecule has 2 N–H and O–H groups in total. The van der Waals surface area contributed by atoms with E-state index in [9.17, 15) is 0 Å². The molecule has 0 saturated heterocycles. The molecule has 17 heavy (non-hydrogen) atoms. The van der Waals surface area contributed by atoms with Crippen molar-refractivity contribution < 1.29 is 4.52 Å². The van der Waals surface area contributed by atoms with Gasteiger partial charge >= 0.3 is 0 Å². The molecule has 3 rings (SSSR count). The molecule has 2 aromatic carbocycles. The fourth-order valence-corrected chi connectivity index (χ4v) is 1.95. The van der Waals surface area contributed by atoms with Crippen molar-refractivity contribution in [2.24, 2.45) is 5.73 Å². The van der Waals surface area contributed by atoms with Gasteiger partial charge in [0.05, 0.1) is 0 Å². The first-order chi connectivity index (χ1) is 8.38. The predicted molar refractivity (Wildman–Crippen MR) is 67.3 cm³/mol. The first kappa shape index (κ1) is 10.1. The molecular weight excluding hydrogens is 212 g/mol. The third-order valence-corrected chi connectivity index (χ3v) is 2.85. The minimum absolute atomic E-state index is 0.394. The largest absolute Gasteiger partial charge is 0.356 e. The summed E-state index contributed by atoms with van der Waals surface area (Å²) in [5.74, 6) is 0. The molecule has 1 aromatic heterocycles. The Morgan fingerprint density at radius 1 is 1.00 bits per heavy atom. The summed E-state index contributed by atoms with van der Waals surface area (Å²) in [6.07, 6.45) is 0. The van der Waals surface area contributed by atoms with Gasteiger partial charge in [-0.15, -0.1) is 0 Å². The van der Waals surface area contributed by atoms with Gasteiger partial charge in [0.25, 0.3) is 0 Å². The summed E-state index contributed by atoms with van der Waals surface area (Å²) in [6, 6.07) is 16.3. The third kappa shape index (κ3) is 1.70. The van der Waals surface area contributed by atoms with Gasteiger partial charge in [0.15, 0.2) is 5.58 Å². The van der Waals surface area contributed by atoms with E-state index in [1.165, 1.54) is 5.56 Å². The fourth-order valence-electron chi connectivity index (χ4n) is 1.95. The molecule has 0 aliphatic heterocycles. The Hall–Kier alpha value is -2.13. The second-order valence-corrected chi connectivity index (χ2v) is 3.91. The van der Waals surface area contributed by atoms with Gasteiger partial charge in [0.1, 0.15) is 5.69 Å². The molecule has 84 valence electrons. The average molecular weight is 224 g/mol. The van der Waals surface area contributed by atoms with Crippen LogP contribution in [-0.2, 0) is 6.54 Å². The molecule has 0 amide bonds. The molecule has 0 saturated carbocycles. The number of benzene rings is 2. The number of rotatable bonds is 2. The molecule has 0 aliphatic rings. The Kier molecular flexibility index (Phi) is 2.38. The van der Waals surface area contributed by atoms with Crippen LogP contribution in [0.5, 0.6) is 0 Å². The van der Waals surface area contributed by atoms with Crippen LogP contribution in [0.25, 0.3) is 22.1 Å². The van der Waals surface area contributed by atoms with Crippen LogP contribution in [0.15, 0.2) is 53.1 Å².